The molecule has 0 unspecified atom stereocenters. The van der Waals surface area contributed by atoms with E-state index in [0.717, 1.165) is 0 Å². The summed E-state index contributed by atoms with van der Waals surface area (Å²) in [6.07, 6.45) is -10.2. The third-order valence-corrected chi connectivity index (χ3v) is 2.64. The second-order valence-corrected chi connectivity index (χ2v) is 3.79. The van der Waals surface area contributed by atoms with E-state index in [1.807, 2.05) is 0 Å². The maximum Gasteiger partial charge on any atom is 0.417 e. The number of hydrogen-bond acceptors (Lipinski definition) is 1. The molecule has 1 aromatic carbocycles. The summed E-state index contributed by atoms with van der Waals surface area (Å²) in [4.78, 5) is 0. The Bertz CT molecular complexity index is 423. The molecular formula is C9H6BrF6N. The fourth-order valence-electron chi connectivity index (χ4n) is 1.25. The first-order valence-electron chi connectivity index (χ1n) is 4.20. The van der Waals surface area contributed by atoms with Crippen molar-refractivity contribution in [2.45, 2.75) is 17.7 Å². The summed E-state index contributed by atoms with van der Waals surface area (Å²) < 4.78 is 74.7. The molecule has 0 bridgehead atoms. The van der Waals surface area contributed by atoms with Crippen molar-refractivity contribution < 1.29 is 26.3 Å². The van der Waals surface area contributed by atoms with Crippen LogP contribution in [0.25, 0.3) is 0 Å². The van der Waals surface area contributed by atoms with E-state index < -0.39 is 23.5 Å². The van der Waals surface area contributed by atoms with Crippen molar-refractivity contribution in [2.24, 2.45) is 0 Å². The zero-order chi connectivity index (χ0) is 13.4. The van der Waals surface area contributed by atoms with Crippen LogP contribution >= 0.6 is 15.9 Å². The zero-order valence-electron chi connectivity index (χ0n) is 8.08. The van der Waals surface area contributed by atoms with Gasteiger partial charge in [0.2, 0.25) is 0 Å². The molecule has 0 aromatic heterocycles. The maximum absolute atomic E-state index is 12.5. The molecule has 0 fully saturated rings. The predicted octanol–water partition coefficient (Wildman–Crippen LogP) is 4.20. The highest BCUT2D eigenvalue weighted by Crippen LogP contribution is 2.42. The summed E-state index contributed by atoms with van der Waals surface area (Å²) in [6.45, 7) is 0. The first kappa shape index (κ1) is 14.1. The average Bonchev–Trinajstić information content (AvgIpc) is 2.14. The van der Waals surface area contributed by atoms with E-state index in [4.69, 9.17) is 5.73 Å². The summed E-state index contributed by atoms with van der Waals surface area (Å²) in [5.41, 5.74) is 1.38. The molecule has 0 heterocycles. The molecule has 1 aromatic rings. The van der Waals surface area contributed by atoms with Crippen molar-refractivity contribution in [3.63, 3.8) is 0 Å². The van der Waals surface area contributed by atoms with Crippen LogP contribution in [-0.2, 0) is 17.7 Å². The molecule has 8 heteroatoms. The topological polar surface area (TPSA) is 26.0 Å². The van der Waals surface area contributed by atoms with Gasteiger partial charge in [0.25, 0.3) is 0 Å². The number of benzene rings is 1. The second kappa shape index (κ2) is 4.40. The molecule has 0 radical (unpaired) electrons. The van der Waals surface area contributed by atoms with Crippen LogP contribution in [0.4, 0.5) is 32.0 Å². The summed E-state index contributed by atoms with van der Waals surface area (Å²) in [5, 5.41) is -0.0555. The van der Waals surface area contributed by atoms with Gasteiger partial charge in [-0.15, -0.1) is 0 Å². The third-order valence-electron chi connectivity index (χ3n) is 2.03. The van der Waals surface area contributed by atoms with Crippen LogP contribution in [-0.4, -0.2) is 0 Å². The SMILES string of the molecule is Nc1cc(C(F)(F)F)c(C(F)(F)F)cc1CBr. The molecule has 2 N–H and O–H groups in total. The molecule has 0 aliphatic rings. The van der Waals surface area contributed by atoms with E-state index >= 15 is 0 Å². The quantitative estimate of drug-likeness (QED) is 0.468. The number of halogens is 7. The Labute approximate surface area is 101 Å². The van der Waals surface area contributed by atoms with E-state index in [9.17, 15) is 26.3 Å². The van der Waals surface area contributed by atoms with Crippen LogP contribution < -0.4 is 5.73 Å². The Kier molecular flexibility index (Phi) is 3.66. The third kappa shape index (κ3) is 3.05. The molecule has 17 heavy (non-hydrogen) atoms. The van der Waals surface area contributed by atoms with Crippen molar-refractivity contribution in [3.8, 4) is 0 Å². The van der Waals surface area contributed by atoms with Gasteiger partial charge in [-0.25, -0.2) is 0 Å². The molecule has 0 spiro atoms. The van der Waals surface area contributed by atoms with E-state index in [2.05, 4.69) is 15.9 Å². The number of rotatable bonds is 1. The van der Waals surface area contributed by atoms with Crippen molar-refractivity contribution in [1.82, 2.24) is 0 Å². The lowest BCUT2D eigenvalue weighted by atomic mass is 10.0. The molecular weight excluding hydrogens is 316 g/mol. The first-order chi connectivity index (χ1) is 7.57. The van der Waals surface area contributed by atoms with Crippen molar-refractivity contribution >= 4 is 21.6 Å². The summed E-state index contributed by atoms with van der Waals surface area (Å²) in [7, 11) is 0. The Morgan fingerprint density at radius 1 is 0.941 bits per heavy atom. The highest BCUT2D eigenvalue weighted by molar-refractivity contribution is 9.08. The second-order valence-electron chi connectivity index (χ2n) is 3.23. The van der Waals surface area contributed by atoms with Gasteiger partial charge in [-0.2, -0.15) is 26.3 Å². The fourth-order valence-corrected chi connectivity index (χ4v) is 1.73. The van der Waals surface area contributed by atoms with E-state index in [1.54, 1.807) is 0 Å². The Morgan fingerprint density at radius 2 is 1.35 bits per heavy atom. The standard InChI is InChI=1S/C9H6BrF6N/c10-3-4-1-5(8(11,12)13)6(2-7(4)17)9(14,15)16/h1-2H,3,17H2. The minimum Gasteiger partial charge on any atom is -0.398 e. The molecule has 0 atom stereocenters. The summed E-state index contributed by atoms with van der Waals surface area (Å²) in [5.74, 6) is 0. The van der Waals surface area contributed by atoms with Crippen molar-refractivity contribution in [1.29, 1.82) is 0 Å². The van der Waals surface area contributed by atoms with Crippen LogP contribution in [0.3, 0.4) is 0 Å². The molecule has 0 saturated heterocycles. The highest BCUT2D eigenvalue weighted by Gasteiger charge is 2.43. The Hall–Kier alpha value is -0.920. The van der Waals surface area contributed by atoms with E-state index in [-0.39, 0.29) is 16.6 Å². The first-order valence-corrected chi connectivity index (χ1v) is 5.32. The van der Waals surface area contributed by atoms with Crippen molar-refractivity contribution in [2.75, 3.05) is 5.73 Å². The number of nitrogen functional groups attached to an aromatic ring is 1. The highest BCUT2D eigenvalue weighted by atomic mass is 79.9. The summed E-state index contributed by atoms with van der Waals surface area (Å²) in [6, 6.07) is 0.715. The summed E-state index contributed by atoms with van der Waals surface area (Å²) >= 11 is 2.86. The lowest BCUT2D eigenvalue weighted by molar-refractivity contribution is -0.162. The van der Waals surface area contributed by atoms with Gasteiger partial charge in [0.1, 0.15) is 0 Å². The number of alkyl halides is 7. The largest absolute Gasteiger partial charge is 0.417 e. The number of nitrogens with two attached hydrogens (primary N) is 1. The predicted molar refractivity (Wildman–Crippen MR) is 53.5 cm³/mol. The fraction of sp³-hybridized carbons (Fsp3) is 0.333. The van der Waals surface area contributed by atoms with Crippen LogP contribution in [0.5, 0.6) is 0 Å². The van der Waals surface area contributed by atoms with Gasteiger partial charge in [-0.05, 0) is 17.7 Å². The minimum absolute atomic E-state index is 0.0367. The zero-order valence-corrected chi connectivity index (χ0v) is 9.67. The minimum atomic E-state index is -5.09. The molecule has 0 aliphatic carbocycles. The number of anilines is 1. The molecule has 0 amide bonds. The van der Waals surface area contributed by atoms with E-state index in [0.29, 0.717) is 12.1 Å². The Balaban J connectivity index is 3.54. The lowest BCUT2D eigenvalue weighted by Gasteiger charge is -2.17. The molecule has 1 rings (SSSR count). The van der Waals surface area contributed by atoms with Gasteiger partial charge in [-0.1, -0.05) is 15.9 Å². The maximum atomic E-state index is 12.5. The van der Waals surface area contributed by atoms with Crippen LogP contribution in [0.1, 0.15) is 16.7 Å². The Morgan fingerprint density at radius 3 is 1.71 bits per heavy atom. The molecule has 96 valence electrons. The van der Waals surface area contributed by atoms with Crippen LogP contribution in [0.15, 0.2) is 12.1 Å². The molecule has 0 aliphatic heterocycles. The van der Waals surface area contributed by atoms with E-state index in [1.165, 1.54) is 0 Å². The van der Waals surface area contributed by atoms with Gasteiger partial charge in [0.05, 0.1) is 11.1 Å². The molecule has 1 nitrogen and oxygen atoms in total. The monoisotopic (exact) mass is 321 g/mol. The normalized spacial score (nSPS) is 12.9. The molecule has 0 saturated carbocycles. The van der Waals surface area contributed by atoms with Gasteiger partial charge in [0, 0.05) is 11.0 Å². The van der Waals surface area contributed by atoms with Gasteiger partial charge < -0.3 is 5.73 Å². The average molecular weight is 322 g/mol. The lowest BCUT2D eigenvalue weighted by Crippen LogP contribution is -2.17. The van der Waals surface area contributed by atoms with Gasteiger partial charge >= 0.3 is 12.4 Å². The van der Waals surface area contributed by atoms with Gasteiger partial charge in [0.15, 0.2) is 0 Å². The van der Waals surface area contributed by atoms with Crippen LogP contribution in [0.2, 0.25) is 0 Å². The smallest absolute Gasteiger partial charge is 0.398 e. The van der Waals surface area contributed by atoms with Crippen LogP contribution in [0, 0.1) is 0 Å². The van der Waals surface area contributed by atoms with Crippen molar-refractivity contribution in [3.05, 3.63) is 28.8 Å². The van der Waals surface area contributed by atoms with Gasteiger partial charge in [-0.3, -0.25) is 0 Å². The number of hydrogen-bond donors (Lipinski definition) is 1.